The van der Waals surface area contributed by atoms with E-state index in [1.165, 1.54) is 0 Å². The Morgan fingerprint density at radius 2 is 1.36 bits per heavy atom. The largest absolute Gasteiger partial charge is 0.332 e. The van der Waals surface area contributed by atoms with Gasteiger partial charge in [-0.3, -0.25) is 0 Å². The third kappa shape index (κ3) is 2.50. The molecule has 1 radical (unpaired) electrons. The van der Waals surface area contributed by atoms with Gasteiger partial charge in [-0.15, -0.1) is 0 Å². The molecule has 11 heavy (non-hydrogen) atoms. The Bertz CT molecular complexity index is 238. The Morgan fingerprint density at radius 1 is 1.09 bits per heavy atom. The molecular weight excluding hydrogens is 258 g/mol. The predicted molar refractivity (Wildman–Crippen MR) is 44.2 cm³/mol. The topological polar surface area (TPSA) is 54.0 Å². The van der Waals surface area contributed by atoms with E-state index < -0.39 is 18.1 Å². The van der Waals surface area contributed by atoms with Crippen molar-refractivity contribution in [2.45, 2.75) is 14.9 Å². The highest BCUT2D eigenvalue weighted by atomic mass is 35.5. The molecule has 0 fully saturated rings. The highest BCUT2D eigenvalue weighted by Gasteiger charge is 2.54. The van der Waals surface area contributed by atoms with E-state index in [0.29, 0.717) is 0 Å². The van der Waals surface area contributed by atoms with Gasteiger partial charge in [-0.2, -0.15) is 8.42 Å². The van der Waals surface area contributed by atoms with E-state index in [1.807, 2.05) is 0 Å². The lowest BCUT2D eigenvalue weighted by Gasteiger charge is -2.24. The van der Waals surface area contributed by atoms with Crippen molar-refractivity contribution in [2.24, 2.45) is 0 Å². The molecule has 0 saturated carbocycles. The van der Waals surface area contributed by atoms with E-state index in [2.05, 4.69) is 0 Å². The lowest BCUT2D eigenvalue weighted by atomic mass is 10.5. The average molecular weight is 261 g/mol. The first-order valence-corrected chi connectivity index (χ1v) is 5.13. The second-order valence-corrected chi connectivity index (χ2v) is 6.86. The zero-order valence-electron chi connectivity index (χ0n) is 5.14. The zero-order valence-corrected chi connectivity index (χ0v) is 8.99. The quantitative estimate of drug-likeness (QED) is 0.714. The normalized spacial score (nSPS) is 15.1. The number of halogens is 4. The first-order valence-electron chi connectivity index (χ1n) is 2.21. The van der Waals surface area contributed by atoms with Crippen molar-refractivity contribution in [1.82, 2.24) is 0 Å². The lowest BCUT2D eigenvalue weighted by molar-refractivity contribution is 0.404. The maximum Gasteiger partial charge on any atom is 0.332 e. The van der Waals surface area contributed by atoms with Crippen LogP contribution in [0, 0.1) is 0 Å². The van der Waals surface area contributed by atoms with Crippen LogP contribution in [0.2, 0.25) is 0 Å². The second kappa shape index (κ2) is 3.09. The molecule has 3 nitrogen and oxygen atoms in total. The van der Waals surface area contributed by atoms with Gasteiger partial charge in [0.25, 0.3) is 3.67 Å². The van der Waals surface area contributed by atoms with Crippen LogP contribution in [-0.4, -0.2) is 16.4 Å². The molecule has 8 heteroatoms. The summed E-state index contributed by atoms with van der Waals surface area (Å²) in [4.78, 5) is 0. The van der Waals surface area contributed by atoms with Crippen molar-refractivity contribution in [3.05, 3.63) is 0 Å². The summed E-state index contributed by atoms with van der Waals surface area (Å²) in [6.45, 7) is 1.01. The molecule has 67 valence electrons. The molecule has 0 rings (SSSR count). The average Bonchev–Trinajstić information content (AvgIpc) is 1.58. The fraction of sp³-hybridized carbons (Fsp3) is 1.00. The first kappa shape index (κ1) is 12.1. The Hall–Kier alpha value is 1.07. The summed E-state index contributed by atoms with van der Waals surface area (Å²) in [5.74, 6) is 0. The maximum atomic E-state index is 10.3. The summed E-state index contributed by atoms with van der Waals surface area (Å²) in [5, 5.41) is 0. The van der Waals surface area contributed by atoms with Gasteiger partial charge in [0.15, 0.2) is 4.33 Å². The smallest absolute Gasteiger partial charge is 0.194 e. The van der Waals surface area contributed by atoms with Crippen molar-refractivity contribution in [2.75, 3.05) is 0 Å². The van der Waals surface area contributed by atoms with E-state index in [9.17, 15) is 13.0 Å². The highest BCUT2D eigenvalue weighted by molar-refractivity contribution is 7.90. The maximum absolute atomic E-state index is 10.3. The van der Waals surface area contributed by atoms with E-state index in [-0.39, 0.29) is 0 Å². The minimum atomic E-state index is -4.94. The molecule has 0 aliphatic carbocycles. The van der Waals surface area contributed by atoms with E-state index in [4.69, 9.17) is 46.4 Å². The van der Waals surface area contributed by atoms with Gasteiger partial charge < -0.3 is 0 Å². The summed E-state index contributed by atoms with van der Waals surface area (Å²) in [7, 11) is -4.94. The standard InChI is InChI=1S/C3H3Cl4O3S/c1-2(4,5)3(6,7)11(8,9)10/h1H3. The van der Waals surface area contributed by atoms with Gasteiger partial charge in [0.2, 0.25) is 0 Å². The highest BCUT2D eigenvalue weighted by Crippen LogP contribution is 2.45. The van der Waals surface area contributed by atoms with Crippen molar-refractivity contribution in [3.63, 3.8) is 0 Å². The summed E-state index contributed by atoms with van der Waals surface area (Å²) in [6, 6.07) is 0. The number of hydrogen-bond acceptors (Lipinski definition) is 2. The molecule has 0 bridgehead atoms. The van der Waals surface area contributed by atoms with Crippen LogP contribution in [0.1, 0.15) is 6.92 Å². The summed E-state index contributed by atoms with van der Waals surface area (Å²) >= 11 is 20.6. The van der Waals surface area contributed by atoms with E-state index in [1.54, 1.807) is 0 Å². The molecule has 0 amide bonds. The third-order valence-electron chi connectivity index (χ3n) is 0.825. The van der Waals surface area contributed by atoms with Gasteiger partial charge >= 0.3 is 10.1 Å². The Labute approximate surface area is 84.3 Å². The molecule has 0 aromatic carbocycles. The third-order valence-corrected chi connectivity index (χ3v) is 4.93. The van der Waals surface area contributed by atoms with Crippen LogP contribution in [0.4, 0.5) is 0 Å². The predicted octanol–water partition coefficient (Wildman–Crippen LogP) is 2.07. The molecule has 0 aromatic rings. The fourth-order valence-electron chi connectivity index (χ4n) is 0.219. The van der Waals surface area contributed by atoms with Crippen molar-refractivity contribution < 1.29 is 13.0 Å². The monoisotopic (exact) mass is 259 g/mol. The van der Waals surface area contributed by atoms with Crippen LogP contribution in [0.15, 0.2) is 0 Å². The van der Waals surface area contributed by atoms with Gasteiger partial charge in [0, 0.05) is 0 Å². The molecule has 0 heterocycles. The molecule has 0 aromatic heterocycles. The Balaban J connectivity index is 5.08. The summed E-state index contributed by atoms with van der Waals surface area (Å²) in [6.07, 6.45) is 0. The molecule has 0 aliphatic rings. The van der Waals surface area contributed by atoms with E-state index in [0.717, 1.165) is 6.92 Å². The van der Waals surface area contributed by atoms with Crippen molar-refractivity contribution in [1.29, 1.82) is 0 Å². The SMILES string of the molecule is CC(Cl)(Cl)C(Cl)(Cl)S([O])(=O)=O. The molecule has 0 spiro atoms. The lowest BCUT2D eigenvalue weighted by Crippen LogP contribution is -2.40. The molecule has 0 aliphatic heterocycles. The Morgan fingerprint density at radius 3 is 1.36 bits per heavy atom. The van der Waals surface area contributed by atoms with Gasteiger partial charge in [0.1, 0.15) is 0 Å². The van der Waals surface area contributed by atoms with Gasteiger partial charge in [-0.1, -0.05) is 51.0 Å². The van der Waals surface area contributed by atoms with Crippen LogP contribution in [0.5, 0.6) is 0 Å². The zero-order chi connectivity index (χ0) is 9.50. The molecular formula is C3H3Cl4O3S. The number of alkyl halides is 4. The van der Waals surface area contributed by atoms with Crippen LogP contribution < -0.4 is 0 Å². The van der Waals surface area contributed by atoms with Gasteiger partial charge in [-0.05, 0) is 6.92 Å². The van der Waals surface area contributed by atoms with Crippen LogP contribution in [-0.2, 0) is 14.7 Å². The summed E-state index contributed by atoms with van der Waals surface area (Å²) in [5.41, 5.74) is 0. The Kier molecular flexibility index (Phi) is 3.39. The molecule has 0 unspecified atom stereocenters. The number of hydrogen-bond donors (Lipinski definition) is 0. The molecule has 0 N–H and O–H groups in total. The fourth-order valence-corrected chi connectivity index (χ4v) is 1.23. The first-order chi connectivity index (χ1) is 4.50. The van der Waals surface area contributed by atoms with Crippen molar-refractivity contribution >= 4 is 56.5 Å². The minimum absolute atomic E-state index is 1.01. The van der Waals surface area contributed by atoms with Crippen LogP contribution in [0.25, 0.3) is 0 Å². The molecule has 0 atom stereocenters. The second-order valence-electron chi connectivity index (χ2n) is 1.86. The van der Waals surface area contributed by atoms with Crippen molar-refractivity contribution in [3.8, 4) is 0 Å². The van der Waals surface area contributed by atoms with Gasteiger partial charge in [-0.25, -0.2) is 0 Å². The molecule has 0 saturated heterocycles. The van der Waals surface area contributed by atoms with Crippen LogP contribution in [0.3, 0.4) is 0 Å². The minimum Gasteiger partial charge on any atom is -0.194 e. The van der Waals surface area contributed by atoms with Crippen LogP contribution >= 0.6 is 46.4 Å². The number of rotatable bonds is 2. The summed E-state index contributed by atoms with van der Waals surface area (Å²) < 4.78 is 26.2. The van der Waals surface area contributed by atoms with Gasteiger partial charge in [0.05, 0.1) is 0 Å². The van der Waals surface area contributed by atoms with E-state index >= 15 is 0 Å².